The van der Waals surface area contributed by atoms with Crippen molar-refractivity contribution >= 4 is 33.2 Å². The Morgan fingerprint density at radius 1 is 1.38 bits per heavy atom. The minimum Gasteiger partial charge on any atom is -0.387 e. The second kappa shape index (κ2) is 6.15. The number of rotatable bonds is 2. The summed E-state index contributed by atoms with van der Waals surface area (Å²) in [5, 5.41) is 11.6. The van der Waals surface area contributed by atoms with Crippen LogP contribution >= 0.6 is 22.9 Å². The standard InChI is InChI=1S/C13H12ClF2NOS.C2H6/c1-6-8-2-3-9(14)17-12(8)19-11(6)10(18)7-4-13(15,16)5-7;1-2/h2-3,7,10,18H,4-5H2,1H3;1-2H3. The minimum absolute atomic E-state index is 0.240. The van der Waals surface area contributed by atoms with E-state index in [0.29, 0.717) is 5.15 Å². The lowest BCUT2D eigenvalue weighted by atomic mass is 9.77. The van der Waals surface area contributed by atoms with Crippen LogP contribution in [0.15, 0.2) is 12.1 Å². The number of thiophene rings is 1. The number of aryl methyl sites for hydroxylation is 1. The largest absolute Gasteiger partial charge is 0.387 e. The van der Waals surface area contributed by atoms with Crippen molar-refractivity contribution in [3.63, 3.8) is 0 Å². The van der Waals surface area contributed by atoms with Gasteiger partial charge in [0.15, 0.2) is 0 Å². The molecule has 0 amide bonds. The molecule has 0 saturated heterocycles. The first kappa shape index (κ1) is 16.6. The molecule has 0 radical (unpaired) electrons. The van der Waals surface area contributed by atoms with E-state index in [1.807, 2.05) is 26.8 Å². The van der Waals surface area contributed by atoms with Gasteiger partial charge in [0.05, 0.1) is 6.10 Å². The van der Waals surface area contributed by atoms with Gasteiger partial charge in [0, 0.05) is 29.0 Å². The monoisotopic (exact) mass is 333 g/mol. The maximum Gasteiger partial charge on any atom is 0.248 e. The fourth-order valence-corrected chi connectivity index (χ4v) is 3.98. The molecule has 1 aliphatic rings. The van der Waals surface area contributed by atoms with Crippen LogP contribution in [0, 0.1) is 12.8 Å². The summed E-state index contributed by atoms with van der Waals surface area (Å²) in [5.41, 5.74) is 0.909. The topological polar surface area (TPSA) is 33.1 Å². The molecule has 2 heterocycles. The Morgan fingerprint density at radius 2 is 2.00 bits per heavy atom. The zero-order valence-corrected chi connectivity index (χ0v) is 13.7. The molecule has 1 fully saturated rings. The summed E-state index contributed by atoms with van der Waals surface area (Å²) in [4.78, 5) is 5.66. The molecule has 0 aromatic carbocycles. The van der Waals surface area contributed by atoms with Crippen molar-refractivity contribution in [3.8, 4) is 0 Å². The average molecular weight is 334 g/mol. The Labute approximate surface area is 131 Å². The lowest BCUT2D eigenvalue weighted by Gasteiger charge is -2.37. The van der Waals surface area contributed by atoms with Gasteiger partial charge < -0.3 is 5.11 Å². The Balaban J connectivity index is 0.000000774. The summed E-state index contributed by atoms with van der Waals surface area (Å²) in [5.74, 6) is -2.98. The molecule has 21 heavy (non-hydrogen) atoms. The molecule has 2 aromatic heterocycles. The normalized spacial score (nSPS) is 18.8. The lowest BCUT2D eigenvalue weighted by Crippen LogP contribution is -2.38. The zero-order valence-electron chi connectivity index (χ0n) is 12.2. The number of pyridine rings is 1. The van der Waals surface area contributed by atoms with Gasteiger partial charge in [0.2, 0.25) is 5.92 Å². The van der Waals surface area contributed by atoms with E-state index in [9.17, 15) is 13.9 Å². The van der Waals surface area contributed by atoms with E-state index in [-0.39, 0.29) is 18.8 Å². The van der Waals surface area contributed by atoms with Gasteiger partial charge in [-0.3, -0.25) is 0 Å². The molecule has 1 atom stereocenters. The fourth-order valence-electron chi connectivity index (χ4n) is 2.52. The maximum atomic E-state index is 12.9. The van der Waals surface area contributed by atoms with E-state index in [4.69, 9.17) is 11.6 Å². The van der Waals surface area contributed by atoms with E-state index in [2.05, 4.69) is 4.98 Å². The van der Waals surface area contributed by atoms with Crippen LogP contribution in [0.5, 0.6) is 0 Å². The third kappa shape index (κ3) is 3.20. The highest BCUT2D eigenvalue weighted by Crippen LogP contribution is 2.50. The zero-order chi connectivity index (χ0) is 15.8. The maximum absolute atomic E-state index is 12.9. The van der Waals surface area contributed by atoms with Crippen molar-refractivity contribution in [3.05, 3.63) is 27.7 Å². The van der Waals surface area contributed by atoms with Crippen LogP contribution in [-0.2, 0) is 0 Å². The van der Waals surface area contributed by atoms with Gasteiger partial charge in [-0.25, -0.2) is 13.8 Å². The van der Waals surface area contributed by atoms with Crippen LogP contribution in [0.25, 0.3) is 10.2 Å². The highest BCUT2D eigenvalue weighted by Gasteiger charge is 2.49. The third-order valence-corrected chi connectivity index (χ3v) is 5.13. The number of aliphatic hydroxyl groups excluding tert-OH is 1. The molecule has 0 aliphatic heterocycles. The molecule has 1 N–H and O–H groups in total. The van der Waals surface area contributed by atoms with Crippen LogP contribution in [0.3, 0.4) is 0 Å². The molecule has 0 spiro atoms. The van der Waals surface area contributed by atoms with Gasteiger partial charge in [-0.05, 0) is 24.6 Å². The van der Waals surface area contributed by atoms with E-state index in [0.717, 1.165) is 20.7 Å². The molecule has 6 heteroatoms. The highest BCUT2D eigenvalue weighted by atomic mass is 35.5. The lowest BCUT2D eigenvalue weighted by molar-refractivity contribution is -0.141. The molecular weight excluding hydrogens is 316 g/mol. The van der Waals surface area contributed by atoms with Crippen LogP contribution in [0.1, 0.15) is 43.2 Å². The first-order valence-electron chi connectivity index (χ1n) is 6.99. The first-order chi connectivity index (χ1) is 9.87. The molecule has 116 valence electrons. The highest BCUT2D eigenvalue weighted by molar-refractivity contribution is 7.18. The molecule has 2 nitrogen and oxygen atoms in total. The molecule has 0 bridgehead atoms. The molecule has 1 saturated carbocycles. The van der Waals surface area contributed by atoms with Crippen molar-refractivity contribution < 1.29 is 13.9 Å². The van der Waals surface area contributed by atoms with Gasteiger partial charge in [-0.1, -0.05) is 25.4 Å². The number of hydrogen-bond acceptors (Lipinski definition) is 3. The van der Waals surface area contributed by atoms with Crippen LogP contribution in [-0.4, -0.2) is 16.0 Å². The van der Waals surface area contributed by atoms with E-state index in [1.165, 1.54) is 11.3 Å². The fraction of sp³-hybridized carbons (Fsp3) is 0.533. The second-order valence-electron chi connectivity index (χ2n) is 5.05. The van der Waals surface area contributed by atoms with Crippen LogP contribution in [0.2, 0.25) is 5.15 Å². The molecule has 2 aromatic rings. The number of aliphatic hydroxyl groups is 1. The van der Waals surface area contributed by atoms with Gasteiger partial charge in [-0.15, -0.1) is 11.3 Å². The molecule has 1 unspecified atom stereocenters. The van der Waals surface area contributed by atoms with Gasteiger partial charge in [0.1, 0.15) is 9.98 Å². The van der Waals surface area contributed by atoms with Gasteiger partial charge >= 0.3 is 0 Å². The molecule has 3 rings (SSSR count). The molecule has 1 aliphatic carbocycles. The first-order valence-corrected chi connectivity index (χ1v) is 8.18. The molecular formula is C15H18ClF2NOS. The Morgan fingerprint density at radius 3 is 2.57 bits per heavy atom. The number of alkyl halides is 2. The van der Waals surface area contributed by atoms with Crippen molar-refractivity contribution in [1.29, 1.82) is 0 Å². The third-order valence-electron chi connectivity index (χ3n) is 3.64. The van der Waals surface area contributed by atoms with Crippen LogP contribution in [0.4, 0.5) is 8.78 Å². The van der Waals surface area contributed by atoms with E-state index in [1.54, 1.807) is 6.07 Å². The number of halogens is 3. The van der Waals surface area contributed by atoms with Gasteiger partial charge in [0.25, 0.3) is 0 Å². The Kier molecular flexibility index (Phi) is 4.85. The number of hydrogen-bond donors (Lipinski definition) is 1. The van der Waals surface area contributed by atoms with Crippen molar-refractivity contribution in [2.45, 2.75) is 45.6 Å². The van der Waals surface area contributed by atoms with Gasteiger partial charge in [-0.2, -0.15) is 0 Å². The summed E-state index contributed by atoms with van der Waals surface area (Å²) in [6, 6.07) is 3.54. The minimum atomic E-state index is -2.61. The number of nitrogens with zero attached hydrogens (tertiary/aromatic N) is 1. The summed E-state index contributed by atoms with van der Waals surface area (Å²) < 4.78 is 25.8. The average Bonchev–Trinajstić information content (AvgIpc) is 2.74. The number of fused-ring (bicyclic) bond motifs is 1. The van der Waals surface area contributed by atoms with Crippen molar-refractivity contribution in [2.24, 2.45) is 5.92 Å². The van der Waals surface area contributed by atoms with Crippen molar-refractivity contribution in [1.82, 2.24) is 4.98 Å². The van der Waals surface area contributed by atoms with Crippen molar-refractivity contribution in [2.75, 3.05) is 0 Å². The summed E-state index contributed by atoms with van der Waals surface area (Å²) in [6.45, 7) is 5.88. The predicted molar refractivity (Wildman–Crippen MR) is 83.3 cm³/mol. The smallest absolute Gasteiger partial charge is 0.248 e. The SMILES string of the molecule is CC.Cc1c(C(O)C2CC(F)(F)C2)sc2nc(Cl)ccc12. The number of aromatic nitrogens is 1. The predicted octanol–water partition coefficient (Wildman–Crippen LogP) is 5.36. The summed E-state index contributed by atoms with van der Waals surface area (Å²) in [7, 11) is 0. The summed E-state index contributed by atoms with van der Waals surface area (Å²) in [6.07, 6.45) is -1.32. The van der Waals surface area contributed by atoms with E-state index < -0.39 is 12.0 Å². The quantitative estimate of drug-likeness (QED) is 0.750. The second-order valence-corrected chi connectivity index (χ2v) is 6.47. The summed E-state index contributed by atoms with van der Waals surface area (Å²) >= 11 is 7.17. The Hall–Kier alpha value is -0.780. The Bertz CT molecular complexity index is 636. The van der Waals surface area contributed by atoms with E-state index >= 15 is 0 Å². The van der Waals surface area contributed by atoms with Crippen LogP contribution < -0.4 is 0 Å².